The molecule has 5 heteroatoms. The summed E-state index contributed by atoms with van der Waals surface area (Å²) >= 11 is 0. The van der Waals surface area contributed by atoms with E-state index in [2.05, 4.69) is 15.1 Å². The highest BCUT2D eigenvalue weighted by Crippen LogP contribution is 2.26. The Morgan fingerprint density at radius 2 is 2.41 bits per heavy atom. The van der Waals surface area contributed by atoms with Gasteiger partial charge in [-0.05, 0) is 25.0 Å². The van der Waals surface area contributed by atoms with Crippen LogP contribution in [0.1, 0.15) is 24.6 Å². The summed E-state index contributed by atoms with van der Waals surface area (Å²) in [6.07, 6.45) is 5.79. The van der Waals surface area contributed by atoms with Gasteiger partial charge < -0.3 is 5.73 Å². The number of hydrogen-bond donors (Lipinski definition) is 1. The van der Waals surface area contributed by atoms with Gasteiger partial charge in [0.15, 0.2) is 5.82 Å². The van der Waals surface area contributed by atoms with Crippen LogP contribution in [0.4, 0.5) is 0 Å². The van der Waals surface area contributed by atoms with Crippen molar-refractivity contribution in [2.75, 3.05) is 6.54 Å². The Morgan fingerprint density at radius 1 is 1.47 bits per heavy atom. The van der Waals surface area contributed by atoms with Gasteiger partial charge in [-0.1, -0.05) is 0 Å². The predicted octanol–water partition coefficient (Wildman–Crippen LogP) is 1.18. The Hall–Kier alpha value is -1.75. The highest BCUT2D eigenvalue weighted by Gasteiger charge is 2.23. The van der Waals surface area contributed by atoms with Gasteiger partial charge in [-0.15, -0.1) is 0 Å². The summed E-state index contributed by atoms with van der Waals surface area (Å²) in [5, 5.41) is 4.53. The van der Waals surface area contributed by atoms with E-state index in [-0.39, 0.29) is 0 Å². The molecule has 1 aliphatic rings. The summed E-state index contributed by atoms with van der Waals surface area (Å²) in [5.74, 6) is 2.13. The molecule has 88 valence electrons. The number of pyridine rings is 1. The summed E-state index contributed by atoms with van der Waals surface area (Å²) in [6.45, 7) is 1.59. The lowest BCUT2D eigenvalue weighted by Crippen LogP contribution is -2.22. The van der Waals surface area contributed by atoms with Crippen LogP contribution in [0.15, 0.2) is 24.5 Å². The van der Waals surface area contributed by atoms with Crippen LogP contribution in [0.5, 0.6) is 0 Å². The summed E-state index contributed by atoms with van der Waals surface area (Å²) in [4.78, 5) is 8.70. The molecule has 3 heterocycles. The first-order chi connectivity index (χ1) is 8.38. The van der Waals surface area contributed by atoms with E-state index in [1.807, 2.05) is 16.8 Å². The Kier molecular flexibility index (Phi) is 2.60. The minimum Gasteiger partial charge on any atom is -0.330 e. The van der Waals surface area contributed by atoms with E-state index in [0.717, 1.165) is 36.6 Å². The summed E-state index contributed by atoms with van der Waals surface area (Å²) in [6, 6.07) is 3.88. The van der Waals surface area contributed by atoms with Gasteiger partial charge in [0, 0.05) is 37.0 Å². The number of hydrogen-bond acceptors (Lipinski definition) is 4. The number of nitrogens with zero attached hydrogens (tertiary/aromatic N) is 4. The average Bonchev–Trinajstić information content (AvgIpc) is 2.83. The largest absolute Gasteiger partial charge is 0.330 e. The molecule has 5 nitrogen and oxygen atoms in total. The molecule has 0 aromatic carbocycles. The molecule has 0 aliphatic carbocycles. The third-order valence-corrected chi connectivity index (χ3v) is 3.19. The van der Waals surface area contributed by atoms with Gasteiger partial charge in [0.25, 0.3) is 0 Å². The van der Waals surface area contributed by atoms with Gasteiger partial charge in [-0.3, -0.25) is 4.98 Å². The fourth-order valence-corrected chi connectivity index (χ4v) is 2.28. The van der Waals surface area contributed by atoms with Gasteiger partial charge in [-0.2, -0.15) is 5.10 Å². The van der Waals surface area contributed by atoms with Gasteiger partial charge in [-0.25, -0.2) is 9.67 Å². The SMILES string of the molecule is NCC1CCCn2nc(-c3cccnc3)nc21. The predicted molar refractivity (Wildman–Crippen MR) is 64.3 cm³/mol. The van der Waals surface area contributed by atoms with Gasteiger partial charge in [0.2, 0.25) is 0 Å². The first-order valence-electron chi connectivity index (χ1n) is 5.93. The van der Waals surface area contributed by atoms with Crippen molar-refractivity contribution in [2.45, 2.75) is 25.3 Å². The minimum absolute atomic E-state index is 0.349. The van der Waals surface area contributed by atoms with Crippen molar-refractivity contribution in [2.24, 2.45) is 5.73 Å². The molecule has 1 unspecified atom stereocenters. The van der Waals surface area contributed by atoms with Gasteiger partial charge >= 0.3 is 0 Å². The molecule has 0 radical (unpaired) electrons. The van der Waals surface area contributed by atoms with E-state index in [0.29, 0.717) is 12.5 Å². The molecule has 0 amide bonds. The smallest absolute Gasteiger partial charge is 0.182 e. The van der Waals surface area contributed by atoms with Crippen LogP contribution in [0.3, 0.4) is 0 Å². The Balaban J connectivity index is 2.02. The van der Waals surface area contributed by atoms with Crippen molar-refractivity contribution in [1.82, 2.24) is 19.7 Å². The maximum Gasteiger partial charge on any atom is 0.182 e. The van der Waals surface area contributed by atoms with E-state index in [1.165, 1.54) is 0 Å². The fraction of sp³-hybridized carbons (Fsp3) is 0.417. The van der Waals surface area contributed by atoms with Crippen LogP contribution in [0, 0.1) is 0 Å². The lowest BCUT2D eigenvalue weighted by atomic mass is 10.00. The topological polar surface area (TPSA) is 69.6 Å². The Labute approximate surface area is 99.7 Å². The van der Waals surface area contributed by atoms with E-state index in [1.54, 1.807) is 12.4 Å². The number of fused-ring (bicyclic) bond motifs is 1. The van der Waals surface area contributed by atoms with Crippen molar-refractivity contribution >= 4 is 0 Å². The third-order valence-electron chi connectivity index (χ3n) is 3.19. The van der Waals surface area contributed by atoms with Crippen molar-refractivity contribution in [3.63, 3.8) is 0 Å². The zero-order chi connectivity index (χ0) is 11.7. The maximum absolute atomic E-state index is 5.77. The molecule has 1 aliphatic heterocycles. The fourth-order valence-electron chi connectivity index (χ4n) is 2.28. The quantitative estimate of drug-likeness (QED) is 0.839. The molecule has 0 bridgehead atoms. The summed E-state index contributed by atoms with van der Waals surface area (Å²) < 4.78 is 1.99. The first kappa shape index (κ1) is 10.4. The maximum atomic E-state index is 5.77. The second kappa shape index (κ2) is 4.25. The number of aromatic nitrogens is 4. The van der Waals surface area contributed by atoms with Crippen LogP contribution in [-0.4, -0.2) is 26.3 Å². The molecule has 0 spiro atoms. The monoisotopic (exact) mass is 229 g/mol. The molecular formula is C12H15N5. The Bertz CT molecular complexity index is 505. The highest BCUT2D eigenvalue weighted by atomic mass is 15.4. The molecule has 2 N–H and O–H groups in total. The van der Waals surface area contributed by atoms with Crippen LogP contribution >= 0.6 is 0 Å². The molecule has 1 atom stereocenters. The van der Waals surface area contributed by atoms with Crippen LogP contribution in [0.25, 0.3) is 11.4 Å². The summed E-state index contributed by atoms with van der Waals surface area (Å²) in [5.41, 5.74) is 6.74. The molecular weight excluding hydrogens is 214 g/mol. The van der Waals surface area contributed by atoms with Gasteiger partial charge in [0.05, 0.1) is 0 Å². The van der Waals surface area contributed by atoms with Crippen molar-refractivity contribution in [3.8, 4) is 11.4 Å². The molecule has 3 rings (SSSR count). The van der Waals surface area contributed by atoms with E-state index in [4.69, 9.17) is 5.73 Å². The second-order valence-electron chi connectivity index (χ2n) is 4.33. The van der Waals surface area contributed by atoms with Crippen LogP contribution < -0.4 is 5.73 Å². The van der Waals surface area contributed by atoms with E-state index >= 15 is 0 Å². The highest BCUT2D eigenvalue weighted by molar-refractivity contribution is 5.52. The minimum atomic E-state index is 0.349. The molecule has 2 aromatic rings. The van der Waals surface area contributed by atoms with Crippen LogP contribution in [-0.2, 0) is 6.54 Å². The zero-order valence-electron chi connectivity index (χ0n) is 9.58. The molecule has 0 fully saturated rings. The number of aryl methyl sites for hydroxylation is 1. The molecule has 17 heavy (non-hydrogen) atoms. The van der Waals surface area contributed by atoms with Crippen molar-refractivity contribution in [3.05, 3.63) is 30.4 Å². The van der Waals surface area contributed by atoms with Crippen molar-refractivity contribution < 1.29 is 0 Å². The standard InChI is InChI=1S/C12H15N5/c13-7-9-4-2-6-17-12(9)15-11(16-17)10-3-1-5-14-8-10/h1,3,5,8-9H,2,4,6-7,13H2. The van der Waals surface area contributed by atoms with E-state index < -0.39 is 0 Å². The molecule has 2 aromatic heterocycles. The second-order valence-corrected chi connectivity index (χ2v) is 4.33. The zero-order valence-corrected chi connectivity index (χ0v) is 9.58. The lowest BCUT2D eigenvalue weighted by Gasteiger charge is -2.19. The third kappa shape index (κ3) is 1.82. The van der Waals surface area contributed by atoms with E-state index in [9.17, 15) is 0 Å². The van der Waals surface area contributed by atoms with Crippen LogP contribution in [0.2, 0.25) is 0 Å². The first-order valence-corrected chi connectivity index (χ1v) is 5.93. The normalized spacial score (nSPS) is 19.0. The average molecular weight is 229 g/mol. The number of rotatable bonds is 2. The Morgan fingerprint density at radius 3 is 3.18 bits per heavy atom. The van der Waals surface area contributed by atoms with Gasteiger partial charge in [0.1, 0.15) is 5.82 Å². The molecule has 0 saturated carbocycles. The lowest BCUT2D eigenvalue weighted by molar-refractivity contribution is 0.420. The summed E-state index contributed by atoms with van der Waals surface area (Å²) in [7, 11) is 0. The molecule has 0 saturated heterocycles. The number of nitrogens with two attached hydrogens (primary N) is 1. The van der Waals surface area contributed by atoms with Crippen molar-refractivity contribution in [1.29, 1.82) is 0 Å².